The molecule has 0 saturated carbocycles. The van der Waals surface area contributed by atoms with Crippen LogP contribution in [-0.2, 0) is 11.3 Å². The summed E-state index contributed by atoms with van der Waals surface area (Å²) in [5, 5.41) is 0. The van der Waals surface area contributed by atoms with Crippen LogP contribution in [0.2, 0.25) is 0 Å². The molecule has 0 N–H and O–H groups in total. The molecule has 0 atom stereocenters. The highest BCUT2D eigenvalue weighted by atomic mass is 16.5. The van der Waals surface area contributed by atoms with Crippen LogP contribution in [0.1, 0.15) is 16.1 Å². The number of benzene rings is 1. The summed E-state index contributed by atoms with van der Waals surface area (Å²) in [5.41, 5.74) is 2.54. The molecule has 0 spiro atoms. The van der Waals surface area contributed by atoms with E-state index in [0.29, 0.717) is 5.56 Å². The van der Waals surface area contributed by atoms with Crippen LogP contribution in [0.3, 0.4) is 0 Å². The minimum absolute atomic E-state index is 0.319. The quantitative estimate of drug-likeness (QED) is 0.789. The van der Waals surface area contributed by atoms with E-state index in [2.05, 4.69) is 4.90 Å². The maximum atomic E-state index is 11.8. The molecule has 0 unspecified atom stereocenters. The molecule has 0 radical (unpaired) electrons. The Hall–Kier alpha value is -2.07. The SMILES string of the molecule is COC(=O)c1ccccc1-n1cccc1CN(C)C. The highest BCUT2D eigenvalue weighted by Gasteiger charge is 2.14. The Balaban J connectivity index is 2.47. The Morgan fingerprint density at radius 2 is 1.95 bits per heavy atom. The van der Waals surface area contributed by atoms with E-state index in [0.717, 1.165) is 17.9 Å². The van der Waals surface area contributed by atoms with Gasteiger partial charge in [-0.05, 0) is 38.4 Å². The number of hydrogen-bond acceptors (Lipinski definition) is 3. The average Bonchev–Trinajstić information content (AvgIpc) is 2.85. The van der Waals surface area contributed by atoms with Crippen LogP contribution in [0.5, 0.6) is 0 Å². The standard InChI is InChI=1S/C15H18N2O2/c1-16(2)11-12-7-6-10-17(12)14-9-5-4-8-13(14)15(18)19-3/h4-10H,11H2,1-3H3. The molecule has 2 aromatic rings. The van der Waals surface area contributed by atoms with Crippen molar-refractivity contribution in [3.05, 3.63) is 53.9 Å². The summed E-state index contributed by atoms with van der Waals surface area (Å²) in [6.07, 6.45) is 1.96. The molecule has 0 aliphatic rings. The van der Waals surface area contributed by atoms with Gasteiger partial charge in [0.05, 0.1) is 18.4 Å². The zero-order valence-electron chi connectivity index (χ0n) is 11.5. The molecule has 1 heterocycles. The Labute approximate surface area is 113 Å². The van der Waals surface area contributed by atoms with Crippen molar-refractivity contribution in [2.75, 3.05) is 21.2 Å². The second-order valence-corrected chi connectivity index (χ2v) is 4.62. The normalized spacial score (nSPS) is 10.7. The highest BCUT2D eigenvalue weighted by Crippen LogP contribution is 2.19. The van der Waals surface area contributed by atoms with Gasteiger partial charge in [-0.3, -0.25) is 0 Å². The van der Waals surface area contributed by atoms with Crippen LogP contribution in [0, 0.1) is 0 Å². The van der Waals surface area contributed by atoms with Crippen molar-refractivity contribution in [2.45, 2.75) is 6.54 Å². The number of carbonyl (C=O) groups excluding carboxylic acids is 1. The van der Waals surface area contributed by atoms with E-state index in [9.17, 15) is 4.79 Å². The Morgan fingerprint density at radius 3 is 2.63 bits per heavy atom. The molecule has 4 heteroatoms. The van der Waals surface area contributed by atoms with Crippen molar-refractivity contribution in [1.29, 1.82) is 0 Å². The van der Waals surface area contributed by atoms with Gasteiger partial charge in [0.25, 0.3) is 0 Å². The molecule has 2 rings (SSSR count). The number of para-hydroxylation sites is 1. The molecule has 0 fully saturated rings. The molecule has 0 amide bonds. The summed E-state index contributed by atoms with van der Waals surface area (Å²) >= 11 is 0. The number of hydrogen-bond donors (Lipinski definition) is 0. The molecule has 1 aromatic carbocycles. The number of methoxy groups -OCH3 is 1. The minimum atomic E-state index is -0.319. The Bertz CT molecular complexity index is 573. The fraction of sp³-hybridized carbons (Fsp3) is 0.267. The fourth-order valence-corrected chi connectivity index (χ4v) is 2.07. The number of ether oxygens (including phenoxy) is 1. The first-order chi connectivity index (χ1) is 9.13. The lowest BCUT2D eigenvalue weighted by molar-refractivity contribution is 0.0600. The molecule has 0 saturated heterocycles. The van der Waals surface area contributed by atoms with Gasteiger partial charge in [-0.1, -0.05) is 12.1 Å². The summed E-state index contributed by atoms with van der Waals surface area (Å²) in [6, 6.07) is 11.5. The van der Waals surface area contributed by atoms with Gasteiger partial charge in [-0.25, -0.2) is 4.79 Å². The first kappa shape index (κ1) is 13.4. The lowest BCUT2D eigenvalue weighted by atomic mass is 10.1. The van der Waals surface area contributed by atoms with Crippen LogP contribution in [-0.4, -0.2) is 36.6 Å². The highest BCUT2D eigenvalue weighted by molar-refractivity contribution is 5.93. The summed E-state index contributed by atoms with van der Waals surface area (Å²) in [5.74, 6) is -0.319. The second kappa shape index (κ2) is 5.71. The van der Waals surface area contributed by atoms with Crippen molar-refractivity contribution in [3.8, 4) is 5.69 Å². The van der Waals surface area contributed by atoms with E-state index in [4.69, 9.17) is 4.74 Å². The lowest BCUT2D eigenvalue weighted by Gasteiger charge is -2.15. The zero-order chi connectivity index (χ0) is 13.8. The molecular weight excluding hydrogens is 240 g/mol. The van der Waals surface area contributed by atoms with Gasteiger partial charge in [0.1, 0.15) is 0 Å². The summed E-state index contributed by atoms with van der Waals surface area (Å²) in [4.78, 5) is 13.9. The maximum absolute atomic E-state index is 11.8. The van der Waals surface area contributed by atoms with Gasteiger partial charge in [0.15, 0.2) is 0 Å². The van der Waals surface area contributed by atoms with Crippen molar-refractivity contribution in [2.24, 2.45) is 0 Å². The number of nitrogens with zero attached hydrogens (tertiary/aromatic N) is 2. The molecule has 19 heavy (non-hydrogen) atoms. The van der Waals surface area contributed by atoms with E-state index >= 15 is 0 Å². The predicted molar refractivity (Wildman–Crippen MR) is 74.5 cm³/mol. The first-order valence-electron chi connectivity index (χ1n) is 6.12. The minimum Gasteiger partial charge on any atom is -0.465 e. The molecule has 0 aliphatic heterocycles. The van der Waals surface area contributed by atoms with Crippen LogP contribution >= 0.6 is 0 Å². The smallest absolute Gasteiger partial charge is 0.339 e. The number of esters is 1. The largest absolute Gasteiger partial charge is 0.465 e. The zero-order valence-corrected chi connectivity index (χ0v) is 11.5. The van der Waals surface area contributed by atoms with Crippen LogP contribution in [0.15, 0.2) is 42.6 Å². The van der Waals surface area contributed by atoms with Gasteiger partial charge in [0.2, 0.25) is 0 Å². The van der Waals surface area contributed by atoms with E-state index in [1.807, 2.05) is 55.2 Å². The number of carbonyl (C=O) groups is 1. The first-order valence-corrected chi connectivity index (χ1v) is 6.12. The van der Waals surface area contributed by atoms with Crippen molar-refractivity contribution < 1.29 is 9.53 Å². The van der Waals surface area contributed by atoms with E-state index in [-0.39, 0.29) is 5.97 Å². The lowest BCUT2D eigenvalue weighted by Crippen LogP contribution is -2.15. The third-order valence-corrected chi connectivity index (χ3v) is 2.88. The fourth-order valence-electron chi connectivity index (χ4n) is 2.07. The Kier molecular flexibility index (Phi) is 4.02. The number of aromatic nitrogens is 1. The molecule has 4 nitrogen and oxygen atoms in total. The summed E-state index contributed by atoms with van der Waals surface area (Å²) in [7, 11) is 5.43. The monoisotopic (exact) mass is 258 g/mol. The summed E-state index contributed by atoms with van der Waals surface area (Å²) in [6.45, 7) is 0.808. The molecule has 0 bridgehead atoms. The second-order valence-electron chi connectivity index (χ2n) is 4.62. The molecule has 0 aliphatic carbocycles. The van der Waals surface area contributed by atoms with Gasteiger partial charge >= 0.3 is 5.97 Å². The third-order valence-electron chi connectivity index (χ3n) is 2.88. The van der Waals surface area contributed by atoms with Crippen LogP contribution in [0.4, 0.5) is 0 Å². The van der Waals surface area contributed by atoms with E-state index < -0.39 is 0 Å². The van der Waals surface area contributed by atoms with Gasteiger partial charge in [-0.2, -0.15) is 0 Å². The molecular formula is C15H18N2O2. The van der Waals surface area contributed by atoms with Gasteiger partial charge < -0.3 is 14.2 Å². The van der Waals surface area contributed by atoms with E-state index in [1.165, 1.54) is 7.11 Å². The van der Waals surface area contributed by atoms with E-state index in [1.54, 1.807) is 6.07 Å². The predicted octanol–water partition coefficient (Wildman–Crippen LogP) is 2.33. The summed E-state index contributed by atoms with van der Waals surface area (Å²) < 4.78 is 6.85. The van der Waals surface area contributed by atoms with Crippen molar-refractivity contribution in [1.82, 2.24) is 9.47 Å². The van der Waals surface area contributed by atoms with Crippen LogP contribution < -0.4 is 0 Å². The van der Waals surface area contributed by atoms with Crippen molar-refractivity contribution in [3.63, 3.8) is 0 Å². The van der Waals surface area contributed by atoms with Gasteiger partial charge in [-0.15, -0.1) is 0 Å². The Morgan fingerprint density at radius 1 is 1.21 bits per heavy atom. The molecule has 1 aromatic heterocycles. The topological polar surface area (TPSA) is 34.5 Å². The molecule has 100 valence electrons. The maximum Gasteiger partial charge on any atom is 0.339 e. The van der Waals surface area contributed by atoms with Crippen LogP contribution in [0.25, 0.3) is 5.69 Å². The average molecular weight is 258 g/mol. The number of rotatable bonds is 4. The van der Waals surface area contributed by atoms with Crippen molar-refractivity contribution >= 4 is 5.97 Å². The van der Waals surface area contributed by atoms with Gasteiger partial charge in [0, 0.05) is 18.4 Å². The third kappa shape index (κ3) is 2.85.